The van der Waals surface area contributed by atoms with Crippen molar-refractivity contribution in [2.75, 3.05) is 17.4 Å². The normalized spacial score (nSPS) is 14.6. The van der Waals surface area contributed by atoms with Crippen LogP contribution in [0.3, 0.4) is 0 Å². The van der Waals surface area contributed by atoms with Crippen molar-refractivity contribution >= 4 is 81.1 Å². The Bertz CT molecular complexity index is 1670. The Morgan fingerprint density at radius 1 is 0.955 bits per heavy atom. The Labute approximate surface area is 276 Å². The van der Waals surface area contributed by atoms with E-state index in [4.69, 9.17) is 34.8 Å². The van der Waals surface area contributed by atoms with Gasteiger partial charge in [0.1, 0.15) is 11.7 Å². The fourth-order valence-corrected chi connectivity index (χ4v) is 6.77. The van der Waals surface area contributed by atoms with Crippen LogP contribution in [0.1, 0.15) is 46.4 Å². The van der Waals surface area contributed by atoms with Gasteiger partial charge in [0.15, 0.2) is 5.82 Å². The summed E-state index contributed by atoms with van der Waals surface area (Å²) in [6.45, 7) is 1.19. The number of rotatable bonds is 10. The highest BCUT2D eigenvalue weighted by molar-refractivity contribution is 7.81. The molecule has 2 atom stereocenters. The van der Waals surface area contributed by atoms with Crippen molar-refractivity contribution < 1.29 is 18.4 Å². The first-order valence-corrected chi connectivity index (χ1v) is 16.7. The molecule has 5 rings (SSSR count). The van der Waals surface area contributed by atoms with Crippen LogP contribution in [0, 0.1) is 0 Å². The molecule has 0 saturated carbocycles. The molecule has 1 aliphatic rings. The molecule has 2 heterocycles. The molecule has 2 unspecified atom stereocenters. The van der Waals surface area contributed by atoms with Crippen LogP contribution >= 0.6 is 46.5 Å². The number of hydrogen-bond donors (Lipinski definition) is 2. The monoisotopic (exact) mass is 691 g/mol. The summed E-state index contributed by atoms with van der Waals surface area (Å²) >= 11 is 16.9. The maximum absolute atomic E-state index is 13.9. The third kappa shape index (κ3) is 7.77. The number of likely N-dealkylation sites (tertiary alicyclic amines) is 1. The first kappa shape index (κ1) is 32.3. The number of hydrogen-bond acceptors (Lipinski definition) is 6. The van der Waals surface area contributed by atoms with Crippen LogP contribution in [0.15, 0.2) is 66.7 Å². The summed E-state index contributed by atoms with van der Waals surface area (Å²) in [6, 6.07) is 18.0. The zero-order valence-corrected chi connectivity index (χ0v) is 27.2. The molecule has 0 spiro atoms. The third-order valence-corrected chi connectivity index (χ3v) is 9.43. The fraction of sp³-hybridized carbons (Fsp3) is 0.267. The minimum Gasteiger partial charge on any atom is -0.341 e. The predicted molar refractivity (Wildman–Crippen MR) is 175 cm³/mol. The highest BCUT2D eigenvalue weighted by Gasteiger charge is 2.31. The smallest absolute Gasteiger partial charge is 0.268 e. The SMILES string of the molecule is O=C(NC(Cc1ccc(Cl)c(Cl)c1)C(=O)N1CCCCC1)c1ccc(Cl)cc1N(c1nsnc1Cc1ccccc1)S(=O)O. The van der Waals surface area contributed by atoms with Gasteiger partial charge in [-0.25, -0.2) is 8.51 Å². The molecule has 14 heteroatoms. The summed E-state index contributed by atoms with van der Waals surface area (Å²) in [5.41, 5.74) is 2.16. The fourth-order valence-electron chi connectivity index (χ4n) is 5.07. The van der Waals surface area contributed by atoms with Gasteiger partial charge >= 0.3 is 0 Å². The van der Waals surface area contributed by atoms with Crippen LogP contribution in [0.5, 0.6) is 0 Å². The van der Waals surface area contributed by atoms with Crippen molar-refractivity contribution in [3.63, 3.8) is 0 Å². The Balaban J connectivity index is 1.48. The number of anilines is 2. The molecule has 4 aromatic rings. The zero-order valence-electron chi connectivity index (χ0n) is 23.3. The zero-order chi connectivity index (χ0) is 31.2. The molecule has 0 aliphatic carbocycles. The van der Waals surface area contributed by atoms with Gasteiger partial charge in [-0.05, 0) is 60.7 Å². The lowest BCUT2D eigenvalue weighted by Crippen LogP contribution is -2.51. The second-order valence-corrected chi connectivity index (χ2v) is 12.9. The minimum atomic E-state index is -2.65. The van der Waals surface area contributed by atoms with Crippen LogP contribution in [-0.2, 0) is 28.9 Å². The van der Waals surface area contributed by atoms with E-state index in [2.05, 4.69) is 14.1 Å². The summed E-state index contributed by atoms with van der Waals surface area (Å²) in [5, 5.41) is 3.83. The number of benzene rings is 3. The van der Waals surface area contributed by atoms with Crippen molar-refractivity contribution in [3.8, 4) is 0 Å². The number of amides is 2. The lowest BCUT2D eigenvalue weighted by Gasteiger charge is -2.31. The topological polar surface area (TPSA) is 116 Å². The van der Waals surface area contributed by atoms with Crippen LogP contribution in [0.25, 0.3) is 0 Å². The number of piperidine rings is 1. The highest BCUT2D eigenvalue weighted by atomic mass is 35.5. The molecule has 3 aromatic carbocycles. The average Bonchev–Trinajstić information content (AvgIpc) is 3.46. The van der Waals surface area contributed by atoms with E-state index in [1.807, 2.05) is 30.3 Å². The van der Waals surface area contributed by atoms with Gasteiger partial charge in [-0.1, -0.05) is 71.2 Å². The lowest BCUT2D eigenvalue weighted by molar-refractivity contribution is -0.134. The Hall–Kier alpha value is -3.06. The first-order chi connectivity index (χ1) is 21.2. The molecule has 2 N–H and O–H groups in total. The molecular formula is C30H28Cl3N5O4S2. The van der Waals surface area contributed by atoms with E-state index in [1.54, 1.807) is 23.1 Å². The number of aromatic nitrogens is 2. The number of halogens is 3. The van der Waals surface area contributed by atoms with E-state index in [0.29, 0.717) is 40.8 Å². The minimum absolute atomic E-state index is 0.0287. The van der Waals surface area contributed by atoms with Gasteiger partial charge in [0.25, 0.3) is 17.2 Å². The van der Waals surface area contributed by atoms with Crippen molar-refractivity contribution in [2.24, 2.45) is 0 Å². The van der Waals surface area contributed by atoms with Gasteiger partial charge in [-0.15, -0.1) is 0 Å². The summed E-state index contributed by atoms with van der Waals surface area (Å²) < 4.78 is 33.0. The molecular weight excluding hydrogens is 665 g/mol. The number of nitrogens with zero attached hydrogens (tertiary/aromatic N) is 4. The molecule has 230 valence electrons. The van der Waals surface area contributed by atoms with Crippen LogP contribution < -0.4 is 9.62 Å². The molecule has 9 nitrogen and oxygen atoms in total. The van der Waals surface area contributed by atoms with Crippen molar-refractivity contribution in [1.82, 2.24) is 19.0 Å². The second-order valence-electron chi connectivity index (χ2n) is 10.2. The van der Waals surface area contributed by atoms with E-state index < -0.39 is 23.2 Å². The van der Waals surface area contributed by atoms with E-state index >= 15 is 0 Å². The Morgan fingerprint density at radius 3 is 2.41 bits per heavy atom. The van der Waals surface area contributed by atoms with Crippen molar-refractivity contribution in [3.05, 3.63) is 104 Å². The standard InChI is InChI=1S/C30H28Cl3N5O4S2/c31-21-10-11-22(27(18-21)38(44(41)42)28-25(35-43-36-28)16-19-7-3-1-4-8-19)29(39)34-26(30(40)37-13-5-2-6-14-37)17-20-9-12-23(32)24(33)15-20/h1,3-4,7-12,15,18,26H,2,5-6,13-14,16-17H2,(H,34,39)(H,41,42). The molecule has 1 aromatic heterocycles. The van der Waals surface area contributed by atoms with Crippen LogP contribution in [0.2, 0.25) is 15.1 Å². The predicted octanol–water partition coefficient (Wildman–Crippen LogP) is 6.72. The molecule has 0 radical (unpaired) electrons. The maximum atomic E-state index is 13.9. The Kier molecular flexibility index (Phi) is 10.9. The van der Waals surface area contributed by atoms with Gasteiger partial charge in [0, 0.05) is 31.0 Å². The number of carbonyl (C=O) groups is 2. The summed E-state index contributed by atoms with van der Waals surface area (Å²) in [5.74, 6) is -0.737. The number of carbonyl (C=O) groups excluding carboxylic acids is 2. The summed E-state index contributed by atoms with van der Waals surface area (Å²) in [6.07, 6.45) is 3.30. The van der Waals surface area contributed by atoms with E-state index in [9.17, 15) is 18.4 Å². The van der Waals surface area contributed by atoms with Gasteiger partial charge in [0.2, 0.25) is 5.91 Å². The Morgan fingerprint density at radius 2 is 1.70 bits per heavy atom. The molecule has 2 amide bonds. The van der Waals surface area contributed by atoms with E-state index in [0.717, 1.165) is 40.9 Å². The number of nitrogens with one attached hydrogen (secondary N) is 1. The third-order valence-electron chi connectivity index (χ3n) is 7.22. The molecule has 1 fully saturated rings. The van der Waals surface area contributed by atoms with Crippen LogP contribution in [-0.4, -0.2) is 53.4 Å². The molecule has 1 aliphatic heterocycles. The van der Waals surface area contributed by atoms with Gasteiger partial charge < -0.3 is 10.2 Å². The first-order valence-electron chi connectivity index (χ1n) is 13.8. The maximum Gasteiger partial charge on any atom is 0.268 e. The quantitative estimate of drug-likeness (QED) is 0.179. The van der Waals surface area contributed by atoms with Gasteiger partial charge in [-0.3, -0.25) is 14.1 Å². The van der Waals surface area contributed by atoms with E-state index in [1.165, 1.54) is 18.2 Å². The summed E-state index contributed by atoms with van der Waals surface area (Å²) in [4.78, 5) is 29.4. The van der Waals surface area contributed by atoms with Gasteiger partial charge in [0.05, 0.1) is 33.0 Å². The summed E-state index contributed by atoms with van der Waals surface area (Å²) in [7, 11) is 0. The van der Waals surface area contributed by atoms with Crippen molar-refractivity contribution in [1.29, 1.82) is 0 Å². The largest absolute Gasteiger partial charge is 0.341 e. The van der Waals surface area contributed by atoms with E-state index in [-0.39, 0.29) is 34.4 Å². The molecule has 44 heavy (non-hydrogen) atoms. The van der Waals surface area contributed by atoms with Gasteiger partial charge in [-0.2, -0.15) is 8.75 Å². The van der Waals surface area contributed by atoms with Crippen LogP contribution in [0.4, 0.5) is 11.5 Å². The molecule has 0 bridgehead atoms. The van der Waals surface area contributed by atoms with Crippen molar-refractivity contribution in [2.45, 2.75) is 38.1 Å². The average molecular weight is 693 g/mol. The lowest BCUT2D eigenvalue weighted by atomic mass is 10.0. The second kappa shape index (κ2) is 14.8. The molecule has 1 saturated heterocycles. The highest BCUT2D eigenvalue weighted by Crippen LogP contribution is 2.34.